The van der Waals surface area contributed by atoms with Crippen LogP contribution in [0.1, 0.15) is 35.8 Å². The Kier molecular flexibility index (Phi) is 3.22. The number of hydrogen-bond acceptors (Lipinski definition) is 3. The molecule has 1 amide bonds. The fourth-order valence-corrected chi connectivity index (χ4v) is 2.90. The molecule has 0 bridgehead atoms. The number of carbonyl (C=O) groups is 2. The quantitative estimate of drug-likeness (QED) is 0.876. The Morgan fingerprint density at radius 1 is 1.35 bits per heavy atom. The summed E-state index contributed by atoms with van der Waals surface area (Å²) in [6.07, 6.45) is 2.97. The first-order valence-corrected chi connectivity index (χ1v) is 6.94. The molecule has 0 unspecified atom stereocenters. The average Bonchev–Trinajstić information content (AvgIpc) is 3.04. The molecule has 108 valence electrons. The van der Waals surface area contributed by atoms with Crippen molar-refractivity contribution in [2.24, 2.45) is 0 Å². The summed E-state index contributed by atoms with van der Waals surface area (Å²) in [5.41, 5.74) is 0.401. The molecule has 0 radical (unpaired) electrons. The molecule has 0 aromatic carbocycles. The number of amides is 1. The predicted molar refractivity (Wildman–Crippen MR) is 70.8 cm³/mol. The zero-order valence-corrected chi connectivity index (χ0v) is 11.5. The Labute approximate surface area is 120 Å². The third-order valence-electron chi connectivity index (χ3n) is 3.80. The number of aromatic nitrogens is 1. The van der Waals surface area contributed by atoms with Crippen LogP contribution < -0.4 is 0 Å². The van der Waals surface area contributed by atoms with Crippen molar-refractivity contribution in [2.75, 3.05) is 6.54 Å². The fourth-order valence-electron chi connectivity index (χ4n) is 2.69. The molecule has 20 heavy (non-hydrogen) atoms. The molecule has 1 saturated heterocycles. The van der Waals surface area contributed by atoms with Gasteiger partial charge in [-0.15, -0.1) is 0 Å². The van der Waals surface area contributed by atoms with Gasteiger partial charge in [-0.1, -0.05) is 11.6 Å². The van der Waals surface area contributed by atoms with Gasteiger partial charge in [0, 0.05) is 25.2 Å². The summed E-state index contributed by atoms with van der Waals surface area (Å²) in [6.45, 7) is 0.0449. The first-order chi connectivity index (χ1) is 9.47. The van der Waals surface area contributed by atoms with E-state index in [9.17, 15) is 14.7 Å². The van der Waals surface area contributed by atoms with E-state index in [0.29, 0.717) is 10.7 Å². The van der Waals surface area contributed by atoms with Crippen LogP contribution in [0.25, 0.3) is 0 Å². The van der Waals surface area contributed by atoms with E-state index in [2.05, 4.69) is 0 Å². The van der Waals surface area contributed by atoms with Gasteiger partial charge in [0.2, 0.25) is 0 Å². The number of likely N-dealkylation sites (tertiary alicyclic amines) is 1. The standard InChI is InChI=1S/C13H15ClN2O4/c14-7-3-10(15(5-7)8-1-2-8)12(18)16-6-9(17)4-11(16)13(19)20/h3,5,8-9,11,17H,1-2,4,6H2,(H,19,20)/t9-,11+/m1/s1. The maximum absolute atomic E-state index is 12.5. The lowest BCUT2D eigenvalue weighted by atomic mass is 10.2. The summed E-state index contributed by atoms with van der Waals surface area (Å²) in [4.78, 5) is 25.0. The molecule has 1 aromatic heterocycles. The minimum absolute atomic E-state index is 0.0449. The second kappa shape index (κ2) is 4.79. The largest absolute Gasteiger partial charge is 0.480 e. The van der Waals surface area contributed by atoms with Crippen molar-refractivity contribution in [1.29, 1.82) is 0 Å². The number of halogens is 1. The average molecular weight is 299 g/mol. The van der Waals surface area contributed by atoms with Crippen molar-refractivity contribution in [3.63, 3.8) is 0 Å². The molecule has 7 heteroatoms. The van der Waals surface area contributed by atoms with E-state index in [1.54, 1.807) is 12.3 Å². The second-order valence-electron chi connectivity index (χ2n) is 5.38. The Morgan fingerprint density at radius 2 is 2.05 bits per heavy atom. The van der Waals surface area contributed by atoms with Gasteiger partial charge in [-0.3, -0.25) is 4.79 Å². The number of carboxylic acids is 1. The van der Waals surface area contributed by atoms with Crippen molar-refractivity contribution in [1.82, 2.24) is 9.47 Å². The molecule has 6 nitrogen and oxygen atoms in total. The van der Waals surface area contributed by atoms with Gasteiger partial charge < -0.3 is 19.7 Å². The van der Waals surface area contributed by atoms with Crippen LogP contribution in [0.2, 0.25) is 5.02 Å². The Bertz CT molecular complexity index is 567. The van der Waals surface area contributed by atoms with Crippen LogP contribution in [0.4, 0.5) is 0 Å². The van der Waals surface area contributed by atoms with Crippen LogP contribution in [0, 0.1) is 0 Å². The molecule has 1 saturated carbocycles. The van der Waals surface area contributed by atoms with Gasteiger partial charge in [-0.25, -0.2) is 4.79 Å². The van der Waals surface area contributed by atoms with Gasteiger partial charge in [0.05, 0.1) is 11.1 Å². The van der Waals surface area contributed by atoms with Crippen molar-refractivity contribution in [3.8, 4) is 0 Å². The highest BCUT2D eigenvalue weighted by atomic mass is 35.5. The van der Waals surface area contributed by atoms with Crippen molar-refractivity contribution >= 4 is 23.5 Å². The minimum atomic E-state index is -1.09. The van der Waals surface area contributed by atoms with E-state index >= 15 is 0 Å². The molecule has 2 fully saturated rings. The molecular formula is C13H15ClN2O4. The number of aliphatic carboxylic acids is 1. The molecule has 2 heterocycles. The van der Waals surface area contributed by atoms with Crippen LogP contribution in [-0.4, -0.2) is 50.2 Å². The van der Waals surface area contributed by atoms with Gasteiger partial charge in [0.15, 0.2) is 0 Å². The highest BCUT2D eigenvalue weighted by Gasteiger charge is 2.41. The van der Waals surface area contributed by atoms with E-state index in [4.69, 9.17) is 16.7 Å². The topological polar surface area (TPSA) is 82.8 Å². The molecule has 2 aliphatic rings. The lowest BCUT2D eigenvalue weighted by Gasteiger charge is -2.21. The zero-order valence-electron chi connectivity index (χ0n) is 10.7. The SMILES string of the molecule is O=C(O)[C@@H]1C[C@@H](O)CN1C(=O)c1cc(Cl)cn1C1CC1. The fraction of sp³-hybridized carbons (Fsp3) is 0.538. The highest BCUT2D eigenvalue weighted by Crippen LogP contribution is 2.38. The van der Waals surface area contributed by atoms with Crippen LogP contribution in [0.15, 0.2) is 12.3 Å². The number of carboxylic acid groups (broad SMARTS) is 1. The van der Waals surface area contributed by atoms with Gasteiger partial charge in [0.1, 0.15) is 11.7 Å². The summed E-state index contributed by atoms with van der Waals surface area (Å²) in [6, 6.07) is 0.863. The number of nitrogens with zero attached hydrogens (tertiary/aromatic N) is 2. The summed E-state index contributed by atoms with van der Waals surface area (Å²) in [7, 11) is 0. The van der Waals surface area contributed by atoms with Gasteiger partial charge >= 0.3 is 5.97 Å². The predicted octanol–water partition coefficient (Wildman–Crippen LogP) is 1.14. The number of aliphatic hydroxyl groups excluding tert-OH is 1. The smallest absolute Gasteiger partial charge is 0.326 e. The van der Waals surface area contributed by atoms with E-state index in [1.807, 2.05) is 4.57 Å². The Morgan fingerprint density at radius 3 is 2.65 bits per heavy atom. The zero-order chi connectivity index (χ0) is 14.4. The number of hydrogen-bond donors (Lipinski definition) is 2. The third-order valence-corrected chi connectivity index (χ3v) is 4.01. The number of β-amino-alcohol motifs (C(OH)–C–C–N with tert-alkyl or cyclic N) is 1. The monoisotopic (exact) mass is 298 g/mol. The molecular weight excluding hydrogens is 284 g/mol. The van der Waals surface area contributed by atoms with Crippen LogP contribution in [-0.2, 0) is 4.79 Å². The molecule has 2 N–H and O–H groups in total. The molecule has 1 aliphatic carbocycles. The van der Waals surface area contributed by atoms with E-state index in [1.165, 1.54) is 4.90 Å². The summed E-state index contributed by atoms with van der Waals surface area (Å²) in [5, 5.41) is 19.2. The van der Waals surface area contributed by atoms with E-state index in [0.717, 1.165) is 12.8 Å². The van der Waals surface area contributed by atoms with Gasteiger partial charge in [-0.05, 0) is 18.9 Å². The Hall–Kier alpha value is -1.53. The van der Waals surface area contributed by atoms with Crippen molar-refractivity contribution < 1.29 is 19.8 Å². The molecule has 1 aromatic rings. The van der Waals surface area contributed by atoms with Gasteiger partial charge in [-0.2, -0.15) is 0 Å². The maximum Gasteiger partial charge on any atom is 0.326 e. The van der Waals surface area contributed by atoms with Crippen LogP contribution in [0.3, 0.4) is 0 Å². The normalized spacial score (nSPS) is 26.0. The lowest BCUT2D eigenvalue weighted by molar-refractivity contribution is -0.141. The van der Waals surface area contributed by atoms with Crippen LogP contribution in [0.5, 0.6) is 0 Å². The van der Waals surface area contributed by atoms with Crippen LogP contribution >= 0.6 is 11.6 Å². The molecule has 2 atom stereocenters. The molecule has 1 aliphatic heterocycles. The second-order valence-corrected chi connectivity index (χ2v) is 5.82. The molecule has 3 rings (SSSR count). The highest BCUT2D eigenvalue weighted by molar-refractivity contribution is 6.31. The number of carbonyl (C=O) groups excluding carboxylic acids is 1. The molecule has 0 spiro atoms. The van der Waals surface area contributed by atoms with Crippen molar-refractivity contribution in [2.45, 2.75) is 37.5 Å². The summed E-state index contributed by atoms with van der Waals surface area (Å²) >= 11 is 5.96. The number of rotatable bonds is 3. The maximum atomic E-state index is 12.5. The number of aliphatic hydroxyl groups is 1. The summed E-state index contributed by atoms with van der Waals surface area (Å²) in [5.74, 6) is -1.47. The Balaban J connectivity index is 1.90. The van der Waals surface area contributed by atoms with E-state index < -0.39 is 18.1 Å². The van der Waals surface area contributed by atoms with E-state index in [-0.39, 0.29) is 24.9 Å². The third kappa shape index (κ3) is 2.29. The van der Waals surface area contributed by atoms with Crippen molar-refractivity contribution in [3.05, 3.63) is 23.0 Å². The lowest BCUT2D eigenvalue weighted by Crippen LogP contribution is -2.41. The first-order valence-electron chi connectivity index (χ1n) is 6.56. The minimum Gasteiger partial charge on any atom is -0.480 e. The summed E-state index contributed by atoms with van der Waals surface area (Å²) < 4.78 is 1.81. The van der Waals surface area contributed by atoms with Gasteiger partial charge in [0.25, 0.3) is 5.91 Å². The first kappa shape index (κ1) is 13.5.